The molecule has 0 N–H and O–H groups in total. The van der Waals surface area contributed by atoms with Crippen LogP contribution in [-0.4, -0.2) is 12.0 Å². The van der Waals surface area contributed by atoms with Gasteiger partial charge in [-0.2, -0.15) is 5.26 Å². The zero-order valence-corrected chi connectivity index (χ0v) is 12.4. The highest BCUT2D eigenvalue weighted by Gasteiger charge is 2.20. The van der Waals surface area contributed by atoms with Crippen LogP contribution in [0.5, 0.6) is 0 Å². The van der Waals surface area contributed by atoms with E-state index >= 15 is 0 Å². The van der Waals surface area contributed by atoms with Crippen molar-refractivity contribution in [2.75, 3.05) is 11.9 Å². The van der Waals surface area contributed by atoms with Gasteiger partial charge in [0.1, 0.15) is 5.69 Å². The molecule has 0 bridgehead atoms. The van der Waals surface area contributed by atoms with E-state index in [1.54, 1.807) is 36.2 Å². The first-order valence-electron chi connectivity index (χ1n) is 5.81. The van der Waals surface area contributed by atoms with Crippen LogP contribution >= 0.6 is 23.2 Å². The molecule has 0 aliphatic carbocycles. The van der Waals surface area contributed by atoms with E-state index in [0.717, 1.165) is 0 Å². The minimum Gasteiger partial charge on any atom is -0.339 e. The van der Waals surface area contributed by atoms with Gasteiger partial charge in [-0.25, -0.2) is 0 Å². The molecule has 0 radical (unpaired) electrons. The summed E-state index contributed by atoms with van der Waals surface area (Å²) in [6, 6.07) is 11.3. The fraction of sp³-hybridized carbons (Fsp3) is 0.0714. The van der Waals surface area contributed by atoms with Crippen molar-refractivity contribution in [1.82, 2.24) is 0 Å². The van der Waals surface area contributed by atoms with Gasteiger partial charge in [0.05, 0.1) is 26.6 Å². The Labute approximate surface area is 131 Å². The molecule has 0 aliphatic rings. The number of nitro groups is 1. The average molecular weight is 322 g/mol. The highest BCUT2D eigenvalue weighted by Crippen LogP contribution is 2.38. The second-order valence-corrected chi connectivity index (χ2v) is 5.04. The Hall–Kier alpha value is -2.29. The van der Waals surface area contributed by atoms with Crippen LogP contribution in [0, 0.1) is 21.4 Å². The van der Waals surface area contributed by atoms with E-state index in [1.807, 2.05) is 6.07 Å². The lowest BCUT2D eigenvalue weighted by atomic mass is 10.2. The van der Waals surface area contributed by atoms with Gasteiger partial charge in [-0.15, -0.1) is 0 Å². The Balaban J connectivity index is 2.51. The zero-order valence-electron chi connectivity index (χ0n) is 10.9. The van der Waals surface area contributed by atoms with Crippen LogP contribution in [0.25, 0.3) is 0 Å². The van der Waals surface area contributed by atoms with Crippen LogP contribution < -0.4 is 4.90 Å². The van der Waals surface area contributed by atoms with Crippen molar-refractivity contribution in [2.24, 2.45) is 0 Å². The summed E-state index contributed by atoms with van der Waals surface area (Å²) in [5.41, 5.74) is 1.38. The predicted molar refractivity (Wildman–Crippen MR) is 82.3 cm³/mol. The molecule has 0 aromatic heterocycles. The molecule has 0 spiro atoms. The van der Waals surface area contributed by atoms with Gasteiger partial charge in [-0.1, -0.05) is 23.2 Å². The monoisotopic (exact) mass is 321 g/mol. The Morgan fingerprint density at radius 2 is 1.76 bits per heavy atom. The molecule has 5 nitrogen and oxygen atoms in total. The SMILES string of the molecule is CN(c1ccc(C#N)cc1)c1cc(Cl)c(Cl)cc1[N+](=O)[O-]. The standard InChI is InChI=1S/C14H9Cl2N3O2/c1-18(10-4-2-9(8-17)3-5-10)13-6-11(15)12(16)7-14(13)19(20)21/h2-7H,1H3. The molecule has 0 saturated heterocycles. The molecular weight excluding hydrogens is 313 g/mol. The topological polar surface area (TPSA) is 70.2 Å². The van der Waals surface area contributed by atoms with Crippen LogP contribution in [0.15, 0.2) is 36.4 Å². The quantitative estimate of drug-likeness (QED) is 0.614. The van der Waals surface area contributed by atoms with Crippen molar-refractivity contribution in [1.29, 1.82) is 5.26 Å². The molecule has 2 aromatic rings. The Morgan fingerprint density at radius 1 is 1.19 bits per heavy atom. The second-order valence-electron chi connectivity index (χ2n) is 4.23. The van der Waals surface area contributed by atoms with Crippen LogP contribution in [0.3, 0.4) is 0 Å². The van der Waals surface area contributed by atoms with Crippen molar-refractivity contribution in [3.8, 4) is 6.07 Å². The summed E-state index contributed by atoms with van der Waals surface area (Å²) in [4.78, 5) is 12.3. The summed E-state index contributed by atoms with van der Waals surface area (Å²) >= 11 is 11.8. The number of hydrogen-bond acceptors (Lipinski definition) is 4. The Morgan fingerprint density at radius 3 is 2.29 bits per heavy atom. The largest absolute Gasteiger partial charge is 0.339 e. The molecule has 2 aromatic carbocycles. The number of nitriles is 1. The number of halogens is 2. The van der Waals surface area contributed by atoms with E-state index in [4.69, 9.17) is 28.5 Å². The number of benzene rings is 2. The van der Waals surface area contributed by atoms with Crippen LogP contribution in [0.4, 0.5) is 17.1 Å². The van der Waals surface area contributed by atoms with E-state index in [1.165, 1.54) is 12.1 Å². The van der Waals surface area contributed by atoms with E-state index in [0.29, 0.717) is 16.9 Å². The third-order valence-electron chi connectivity index (χ3n) is 2.96. The Kier molecular flexibility index (Phi) is 4.32. The number of hydrogen-bond donors (Lipinski definition) is 0. The second kappa shape index (κ2) is 6.00. The lowest BCUT2D eigenvalue weighted by Gasteiger charge is -2.20. The molecule has 7 heteroatoms. The first-order valence-corrected chi connectivity index (χ1v) is 6.57. The van der Waals surface area contributed by atoms with Gasteiger partial charge in [0, 0.05) is 18.8 Å². The number of nitro benzene ring substituents is 1. The van der Waals surface area contributed by atoms with Gasteiger partial charge in [0.25, 0.3) is 5.69 Å². The smallest absolute Gasteiger partial charge is 0.294 e. The van der Waals surface area contributed by atoms with E-state index in [2.05, 4.69) is 0 Å². The molecule has 2 rings (SSSR count). The van der Waals surface area contributed by atoms with Crippen molar-refractivity contribution in [2.45, 2.75) is 0 Å². The minimum atomic E-state index is -0.516. The predicted octanol–water partition coefficient (Wildman–Crippen LogP) is 4.54. The maximum Gasteiger partial charge on any atom is 0.294 e. The zero-order chi connectivity index (χ0) is 15.6. The first-order chi connectivity index (χ1) is 9.93. The molecule has 0 amide bonds. The van der Waals surface area contributed by atoms with Crippen molar-refractivity contribution < 1.29 is 4.92 Å². The van der Waals surface area contributed by atoms with E-state index in [9.17, 15) is 10.1 Å². The fourth-order valence-corrected chi connectivity index (χ4v) is 2.16. The van der Waals surface area contributed by atoms with Gasteiger partial charge in [-0.05, 0) is 30.3 Å². The number of rotatable bonds is 3. The van der Waals surface area contributed by atoms with Gasteiger partial charge in [-0.3, -0.25) is 10.1 Å². The summed E-state index contributed by atoms with van der Waals surface area (Å²) in [6.45, 7) is 0. The lowest BCUT2D eigenvalue weighted by molar-refractivity contribution is -0.384. The minimum absolute atomic E-state index is 0.125. The van der Waals surface area contributed by atoms with Crippen LogP contribution in [-0.2, 0) is 0 Å². The summed E-state index contributed by atoms with van der Waals surface area (Å²) in [6.07, 6.45) is 0. The molecule has 0 saturated carbocycles. The normalized spacial score (nSPS) is 10.0. The molecule has 21 heavy (non-hydrogen) atoms. The maximum atomic E-state index is 11.2. The van der Waals surface area contributed by atoms with Crippen molar-refractivity contribution in [3.05, 3.63) is 62.1 Å². The van der Waals surface area contributed by atoms with Crippen molar-refractivity contribution >= 4 is 40.3 Å². The molecule has 0 unspecified atom stereocenters. The summed E-state index contributed by atoms with van der Waals surface area (Å²) < 4.78 is 0. The summed E-state index contributed by atoms with van der Waals surface area (Å²) in [7, 11) is 1.67. The molecular formula is C14H9Cl2N3O2. The average Bonchev–Trinajstić information content (AvgIpc) is 2.48. The van der Waals surface area contributed by atoms with Crippen molar-refractivity contribution in [3.63, 3.8) is 0 Å². The van der Waals surface area contributed by atoms with Gasteiger partial charge in [0.15, 0.2) is 0 Å². The number of anilines is 2. The maximum absolute atomic E-state index is 11.2. The lowest BCUT2D eigenvalue weighted by Crippen LogP contribution is -2.11. The fourth-order valence-electron chi connectivity index (χ4n) is 1.84. The molecule has 106 valence electrons. The first kappa shape index (κ1) is 15.1. The van der Waals surface area contributed by atoms with Crippen LogP contribution in [0.1, 0.15) is 5.56 Å². The highest BCUT2D eigenvalue weighted by atomic mass is 35.5. The highest BCUT2D eigenvalue weighted by molar-refractivity contribution is 6.42. The summed E-state index contributed by atoms with van der Waals surface area (Å²) in [5.74, 6) is 0. The van der Waals surface area contributed by atoms with Gasteiger partial charge < -0.3 is 4.90 Å². The third-order valence-corrected chi connectivity index (χ3v) is 3.68. The van der Waals surface area contributed by atoms with Gasteiger partial charge in [0.2, 0.25) is 0 Å². The summed E-state index contributed by atoms with van der Waals surface area (Å²) in [5, 5.41) is 20.3. The Bertz CT molecular complexity index is 739. The van der Waals surface area contributed by atoms with E-state index in [-0.39, 0.29) is 15.7 Å². The molecule has 0 aliphatic heterocycles. The molecule has 0 atom stereocenters. The van der Waals surface area contributed by atoms with Gasteiger partial charge >= 0.3 is 0 Å². The van der Waals surface area contributed by atoms with Crippen LogP contribution in [0.2, 0.25) is 10.0 Å². The van der Waals surface area contributed by atoms with E-state index < -0.39 is 4.92 Å². The number of nitrogens with zero attached hydrogens (tertiary/aromatic N) is 3. The third kappa shape index (κ3) is 3.07. The molecule has 0 fully saturated rings. The molecule has 0 heterocycles.